The fourth-order valence-corrected chi connectivity index (χ4v) is 4.46. The van der Waals surface area contributed by atoms with Gasteiger partial charge in [0.15, 0.2) is 12.6 Å². The van der Waals surface area contributed by atoms with Crippen molar-refractivity contribution in [2.24, 2.45) is 0 Å². The lowest BCUT2D eigenvalue weighted by atomic mass is 9.95. The molecule has 35 heavy (non-hydrogen) atoms. The van der Waals surface area contributed by atoms with E-state index in [1.54, 1.807) is 24.3 Å². The van der Waals surface area contributed by atoms with Gasteiger partial charge in [-0.05, 0) is 67.1 Å². The Bertz CT molecular complexity index is 1050. The molecule has 0 aliphatic carbocycles. The molecule has 1 atom stereocenters. The Labute approximate surface area is 207 Å². The molecule has 2 aromatic rings. The number of carbonyl (C=O) groups excluding carboxylic acids is 1. The lowest BCUT2D eigenvalue weighted by molar-refractivity contribution is -0.138. The quantitative estimate of drug-likeness (QED) is 0.494. The second-order valence-electron chi connectivity index (χ2n) is 8.97. The van der Waals surface area contributed by atoms with Crippen LogP contribution in [0, 0.1) is 11.3 Å². The third-order valence-corrected chi connectivity index (χ3v) is 6.36. The van der Waals surface area contributed by atoms with E-state index in [1.165, 1.54) is 0 Å². The van der Waals surface area contributed by atoms with Crippen molar-refractivity contribution in [3.63, 3.8) is 0 Å². The molecular weight excluding hydrogens is 442 g/mol. The molecule has 3 rings (SSSR count). The first kappa shape index (κ1) is 26.1. The van der Waals surface area contributed by atoms with Gasteiger partial charge in [-0.2, -0.15) is 5.26 Å². The monoisotopic (exact) mass is 477 g/mol. The Hall–Kier alpha value is -3.53. The minimum absolute atomic E-state index is 0.0632. The molecule has 0 radical (unpaired) electrons. The van der Waals surface area contributed by atoms with E-state index in [0.717, 1.165) is 69.2 Å². The highest BCUT2D eigenvalue weighted by molar-refractivity contribution is 5.81. The van der Waals surface area contributed by atoms with Crippen LogP contribution in [0.25, 0.3) is 0 Å². The summed E-state index contributed by atoms with van der Waals surface area (Å²) in [6.07, 6.45) is 6.60. The van der Waals surface area contributed by atoms with Crippen LogP contribution in [0.5, 0.6) is 5.75 Å². The van der Waals surface area contributed by atoms with E-state index >= 15 is 0 Å². The molecule has 0 spiro atoms. The van der Waals surface area contributed by atoms with Crippen LogP contribution >= 0.6 is 0 Å². The molecular formula is C28H35N3O4. The minimum Gasteiger partial charge on any atom is -0.483 e. The maximum Gasteiger partial charge on any atom is 0.330 e. The first-order chi connectivity index (χ1) is 17.0. The molecule has 0 saturated carbocycles. The fourth-order valence-electron chi connectivity index (χ4n) is 4.46. The van der Waals surface area contributed by atoms with Crippen molar-refractivity contribution >= 4 is 17.6 Å². The third-order valence-electron chi connectivity index (χ3n) is 6.36. The standard InChI is InChI=1S/C28H35N3O4/c1-3-9-22-16-20(4-2)17-24(26(28(33)34)30-23-12-10-21(18-29)11-13-23)27(22)35-19-25(32)31-14-7-5-6-8-15-31/h10-13,16-17,26,30H,3-9,14-15,19H2,1-2H3,(H,33,34). The Morgan fingerprint density at radius 2 is 1.80 bits per heavy atom. The van der Waals surface area contributed by atoms with Crippen LogP contribution in [0.3, 0.4) is 0 Å². The largest absolute Gasteiger partial charge is 0.483 e. The van der Waals surface area contributed by atoms with Gasteiger partial charge in [-0.3, -0.25) is 4.79 Å². The smallest absolute Gasteiger partial charge is 0.330 e. The number of hydrogen-bond donors (Lipinski definition) is 2. The average Bonchev–Trinajstić information content (AvgIpc) is 3.16. The number of nitriles is 1. The predicted octanol–water partition coefficient (Wildman–Crippen LogP) is 5.09. The van der Waals surface area contributed by atoms with E-state index in [9.17, 15) is 14.7 Å². The SMILES string of the molecule is CCCc1cc(CC)cc(C(Nc2ccc(C#N)cc2)C(=O)O)c1OCC(=O)N1CCCCCC1. The third kappa shape index (κ3) is 6.98. The molecule has 2 aromatic carbocycles. The molecule has 1 fully saturated rings. The topological polar surface area (TPSA) is 103 Å². The molecule has 1 unspecified atom stereocenters. The summed E-state index contributed by atoms with van der Waals surface area (Å²) in [5.74, 6) is -0.638. The summed E-state index contributed by atoms with van der Waals surface area (Å²) in [7, 11) is 0. The van der Waals surface area contributed by atoms with Crippen LogP contribution in [0.2, 0.25) is 0 Å². The molecule has 0 bridgehead atoms. The highest BCUT2D eigenvalue weighted by Gasteiger charge is 2.27. The number of nitrogens with one attached hydrogen (secondary N) is 1. The van der Waals surface area contributed by atoms with Crippen molar-refractivity contribution in [2.45, 2.75) is 64.8 Å². The number of aliphatic carboxylic acids is 1. The van der Waals surface area contributed by atoms with Crippen molar-refractivity contribution < 1.29 is 19.4 Å². The van der Waals surface area contributed by atoms with Gasteiger partial charge >= 0.3 is 5.97 Å². The number of likely N-dealkylation sites (tertiary alicyclic amines) is 1. The van der Waals surface area contributed by atoms with Crippen LogP contribution in [-0.4, -0.2) is 41.6 Å². The molecule has 2 N–H and O–H groups in total. The van der Waals surface area contributed by atoms with Crippen LogP contribution in [0.15, 0.2) is 36.4 Å². The molecule has 186 valence electrons. The van der Waals surface area contributed by atoms with Crippen LogP contribution in [0.4, 0.5) is 5.69 Å². The maximum atomic E-state index is 12.9. The first-order valence-electron chi connectivity index (χ1n) is 12.5. The second-order valence-corrected chi connectivity index (χ2v) is 8.97. The fraction of sp³-hybridized carbons (Fsp3) is 0.464. The zero-order chi connectivity index (χ0) is 25.2. The van der Waals surface area contributed by atoms with Crippen molar-refractivity contribution in [3.05, 3.63) is 58.7 Å². The molecule has 1 aliphatic rings. The summed E-state index contributed by atoms with van der Waals surface area (Å²) in [6.45, 7) is 5.46. The van der Waals surface area contributed by atoms with E-state index in [-0.39, 0.29) is 12.5 Å². The van der Waals surface area contributed by atoms with Gasteiger partial charge in [-0.15, -0.1) is 0 Å². The van der Waals surface area contributed by atoms with E-state index in [4.69, 9.17) is 10.00 Å². The van der Waals surface area contributed by atoms with Crippen molar-refractivity contribution in [3.8, 4) is 11.8 Å². The molecule has 7 nitrogen and oxygen atoms in total. The summed E-state index contributed by atoms with van der Waals surface area (Å²) in [5.41, 5.74) is 3.52. The van der Waals surface area contributed by atoms with Gasteiger partial charge in [0.1, 0.15) is 5.75 Å². The van der Waals surface area contributed by atoms with E-state index in [1.807, 2.05) is 17.9 Å². The van der Waals surface area contributed by atoms with Crippen LogP contribution in [0.1, 0.15) is 74.2 Å². The number of amides is 1. The van der Waals surface area contributed by atoms with Gasteiger partial charge < -0.3 is 20.1 Å². The van der Waals surface area contributed by atoms with Gasteiger partial charge in [0, 0.05) is 24.3 Å². The zero-order valence-electron chi connectivity index (χ0n) is 20.7. The molecule has 7 heteroatoms. The van der Waals surface area contributed by atoms with Crippen molar-refractivity contribution in [1.29, 1.82) is 5.26 Å². The van der Waals surface area contributed by atoms with Gasteiger partial charge in [0.25, 0.3) is 5.91 Å². The number of carboxylic acids is 1. The Morgan fingerprint density at radius 1 is 1.11 bits per heavy atom. The first-order valence-corrected chi connectivity index (χ1v) is 12.5. The number of anilines is 1. The van der Waals surface area contributed by atoms with Crippen molar-refractivity contribution in [2.75, 3.05) is 25.0 Å². The van der Waals surface area contributed by atoms with Crippen LogP contribution in [-0.2, 0) is 22.4 Å². The van der Waals surface area contributed by atoms with E-state index < -0.39 is 12.0 Å². The number of ether oxygens (including phenoxy) is 1. The number of hydrogen-bond acceptors (Lipinski definition) is 5. The average molecular weight is 478 g/mol. The second kappa shape index (κ2) is 12.8. The van der Waals surface area contributed by atoms with Gasteiger partial charge in [0.2, 0.25) is 0 Å². The molecule has 1 heterocycles. The van der Waals surface area contributed by atoms with E-state index in [2.05, 4.69) is 24.4 Å². The summed E-state index contributed by atoms with van der Waals surface area (Å²) in [5, 5.41) is 22.3. The van der Waals surface area contributed by atoms with Crippen molar-refractivity contribution in [1.82, 2.24) is 4.90 Å². The number of carbonyl (C=O) groups is 2. The number of nitrogens with zero attached hydrogens (tertiary/aromatic N) is 2. The maximum absolute atomic E-state index is 12.9. The lowest BCUT2D eigenvalue weighted by Gasteiger charge is -2.25. The zero-order valence-corrected chi connectivity index (χ0v) is 20.7. The lowest BCUT2D eigenvalue weighted by Crippen LogP contribution is -2.36. The summed E-state index contributed by atoms with van der Waals surface area (Å²) in [4.78, 5) is 27.2. The van der Waals surface area contributed by atoms with Crippen LogP contribution < -0.4 is 10.1 Å². The van der Waals surface area contributed by atoms with Gasteiger partial charge in [0.05, 0.1) is 11.6 Å². The Balaban J connectivity index is 1.94. The highest BCUT2D eigenvalue weighted by Crippen LogP contribution is 2.34. The molecule has 1 aliphatic heterocycles. The Kier molecular flexibility index (Phi) is 9.54. The van der Waals surface area contributed by atoms with E-state index in [0.29, 0.717) is 22.6 Å². The highest BCUT2D eigenvalue weighted by atomic mass is 16.5. The number of aryl methyl sites for hydroxylation is 2. The number of benzene rings is 2. The molecule has 1 amide bonds. The summed E-state index contributed by atoms with van der Waals surface area (Å²) in [6, 6.07) is 11.6. The number of carboxylic acid groups (broad SMARTS) is 1. The molecule has 0 aromatic heterocycles. The normalized spacial score (nSPS) is 14.5. The summed E-state index contributed by atoms with van der Waals surface area (Å²) < 4.78 is 6.14. The molecule has 1 saturated heterocycles. The summed E-state index contributed by atoms with van der Waals surface area (Å²) >= 11 is 0. The minimum atomic E-state index is -1.08. The predicted molar refractivity (Wildman–Crippen MR) is 136 cm³/mol. The Morgan fingerprint density at radius 3 is 2.37 bits per heavy atom. The van der Waals surface area contributed by atoms with Gasteiger partial charge in [-0.25, -0.2) is 4.79 Å². The van der Waals surface area contributed by atoms with Gasteiger partial charge in [-0.1, -0.05) is 39.2 Å². The number of rotatable bonds is 10.